The molecule has 1 heterocycles. The van der Waals surface area contributed by atoms with Crippen LogP contribution in [0.4, 0.5) is 0 Å². The Kier molecular flexibility index (Phi) is 6.12. The number of carbonyl (C=O) groups is 1. The first-order valence-corrected chi connectivity index (χ1v) is 8.94. The third-order valence-electron chi connectivity index (χ3n) is 4.18. The van der Waals surface area contributed by atoms with Crippen molar-refractivity contribution in [2.75, 3.05) is 25.4 Å². The second kappa shape index (κ2) is 7.85. The average molecular weight is 306 g/mol. The van der Waals surface area contributed by atoms with Gasteiger partial charge >= 0.3 is 0 Å². The van der Waals surface area contributed by atoms with Gasteiger partial charge in [0.2, 0.25) is 0 Å². The SMILES string of the molecule is CCSCc1ccc(C(=O)NCC2(C)CCNCC2)cc1. The number of thioether (sulfide) groups is 1. The van der Waals surface area contributed by atoms with Gasteiger partial charge in [-0.3, -0.25) is 4.79 Å². The molecule has 0 radical (unpaired) electrons. The van der Waals surface area contributed by atoms with Crippen LogP contribution < -0.4 is 10.6 Å². The van der Waals surface area contributed by atoms with Gasteiger partial charge in [0.25, 0.3) is 5.91 Å². The second-order valence-electron chi connectivity index (χ2n) is 6.08. The first-order chi connectivity index (χ1) is 10.1. The van der Waals surface area contributed by atoms with Crippen LogP contribution in [-0.4, -0.2) is 31.3 Å². The fourth-order valence-corrected chi connectivity index (χ4v) is 3.21. The van der Waals surface area contributed by atoms with Crippen molar-refractivity contribution in [3.05, 3.63) is 35.4 Å². The minimum Gasteiger partial charge on any atom is -0.351 e. The zero-order valence-electron chi connectivity index (χ0n) is 13.1. The molecule has 21 heavy (non-hydrogen) atoms. The van der Waals surface area contributed by atoms with Crippen molar-refractivity contribution in [1.29, 1.82) is 0 Å². The van der Waals surface area contributed by atoms with Crippen molar-refractivity contribution in [1.82, 2.24) is 10.6 Å². The molecule has 0 atom stereocenters. The molecule has 2 N–H and O–H groups in total. The third-order valence-corrected chi connectivity index (χ3v) is 5.12. The van der Waals surface area contributed by atoms with Gasteiger partial charge in [0.05, 0.1) is 0 Å². The molecule has 1 aliphatic heterocycles. The van der Waals surface area contributed by atoms with Crippen LogP contribution in [0.2, 0.25) is 0 Å². The van der Waals surface area contributed by atoms with Crippen LogP contribution >= 0.6 is 11.8 Å². The summed E-state index contributed by atoms with van der Waals surface area (Å²) in [4.78, 5) is 12.2. The van der Waals surface area contributed by atoms with Gasteiger partial charge in [-0.1, -0.05) is 26.0 Å². The zero-order valence-corrected chi connectivity index (χ0v) is 13.9. The molecule has 0 saturated carbocycles. The largest absolute Gasteiger partial charge is 0.351 e. The van der Waals surface area contributed by atoms with E-state index < -0.39 is 0 Å². The van der Waals surface area contributed by atoms with Gasteiger partial charge in [0.1, 0.15) is 0 Å². The van der Waals surface area contributed by atoms with E-state index in [0.717, 1.165) is 49.5 Å². The summed E-state index contributed by atoms with van der Waals surface area (Å²) >= 11 is 1.90. The quantitative estimate of drug-likeness (QED) is 0.849. The summed E-state index contributed by atoms with van der Waals surface area (Å²) in [7, 11) is 0. The molecule has 1 amide bonds. The maximum absolute atomic E-state index is 12.2. The van der Waals surface area contributed by atoms with Crippen molar-refractivity contribution in [3.8, 4) is 0 Å². The topological polar surface area (TPSA) is 41.1 Å². The highest BCUT2D eigenvalue weighted by molar-refractivity contribution is 7.98. The molecule has 0 spiro atoms. The van der Waals surface area contributed by atoms with Crippen molar-refractivity contribution in [2.24, 2.45) is 5.41 Å². The van der Waals surface area contributed by atoms with E-state index >= 15 is 0 Å². The number of hydrogen-bond donors (Lipinski definition) is 2. The molecule has 2 rings (SSSR count). The van der Waals surface area contributed by atoms with E-state index in [1.807, 2.05) is 23.9 Å². The van der Waals surface area contributed by atoms with E-state index in [-0.39, 0.29) is 11.3 Å². The maximum Gasteiger partial charge on any atom is 0.251 e. The fraction of sp³-hybridized carbons (Fsp3) is 0.588. The average Bonchev–Trinajstić information content (AvgIpc) is 2.52. The van der Waals surface area contributed by atoms with Gasteiger partial charge < -0.3 is 10.6 Å². The highest BCUT2D eigenvalue weighted by Gasteiger charge is 2.27. The highest BCUT2D eigenvalue weighted by atomic mass is 32.2. The van der Waals surface area contributed by atoms with Gasteiger partial charge in [0.15, 0.2) is 0 Å². The number of piperidine rings is 1. The summed E-state index contributed by atoms with van der Waals surface area (Å²) in [5, 5.41) is 6.47. The van der Waals surface area contributed by atoms with E-state index in [9.17, 15) is 4.79 Å². The molecule has 3 nitrogen and oxygen atoms in total. The van der Waals surface area contributed by atoms with E-state index in [2.05, 4.69) is 36.6 Å². The van der Waals surface area contributed by atoms with Gasteiger partial charge in [0, 0.05) is 17.9 Å². The minimum absolute atomic E-state index is 0.0458. The van der Waals surface area contributed by atoms with Crippen LogP contribution in [0.15, 0.2) is 24.3 Å². The number of rotatable bonds is 6. The number of amides is 1. The lowest BCUT2D eigenvalue weighted by Crippen LogP contribution is -2.42. The first kappa shape index (κ1) is 16.4. The molecule has 1 fully saturated rings. The Morgan fingerprint density at radius 1 is 1.29 bits per heavy atom. The Bertz CT molecular complexity index is 452. The smallest absolute Gasteiger partial charge is 0.251 e. The molecule has 0 unspecified atom stereocenters. The van der Waals surface area contributed by atoms with Gasteiger partial charge in [-0.2, -0.15) is 11.8 Å². The van der Waals surface area contributed by atoms with Crippen LogP contribution in [0.5, 0.6) is 0 Å². The lowest BCUT2D eigenvalue weighted by molar-refractivity contribution is 0.0922. The number of hydrogen-bond acceptors (Lipinski definition) is 3. The van der Waals surface area contributed by atoms with Crippen LogP contribution in [-0.2, 0) is 5.75 Å². The standard InChI is InChI=1S/C17H26N2OS/c1-3-21-12-14-4-6-15(7-5-14)16(20)19-13-17(2)8-10-18-11-9-17/h4-7,18H,3,8-13H2,1-2H3,(H,19,20). The van der Waals surface area contributed by atoms with Crippen molar-refractivity contribution in [2.45, 2.75) is 32.4 Å². The summed E-state index contributed by atoms with van der Waals surface area (Å²) in [6.45, 7) is 7.29. The number of nitrogens with one attached hydrogen (secondary N) is 2. The Balaban J connectivity index is 1.85. The van der Waals surface area contributed by atoms with Crippen LogP contribution in [0.25, 0.3) is 0 Å². The van der Waals surface area contributed by atoms with Crippen molar-refractivity contribution < 1.29 is 4.79 Å². The van der Waals surface area contributed by atoms with Gasteiger partial charge in [-0.05, 0) is 54.8 Å². The molecule has 0 aliphatic carbocycles. The lowest BCUT2D eigenvalue weighted by atomic mass is 9.81. The maximum atomic E-state index is 12.2. The van der Waals surface area contributed by atoms with Crippen LogP contribution in [0.3, 0.4) is 0 Å². The van der Waals surface area contributed by atoms with Crippen molar-refractivity contribution >= 4 is 17.7 Å². The normalized spacial score (nSPS) is 17.4. The molecule has 1 aromatic carbocycles. The first-order valence-electron chi connectivity index (χ1n) is 7.78. The highest BCUT2D eigenvalue weighted by Crippen LogP contribution is 2.26. The summed E-state index contributed by atoms with van der Waals surface area (Å²) in [5.74, 6) is 2.18. The Morgan fingerprint density at radius 2 is 1.95 bits per heavy atom. The zero-order chi connectivity index (χ0) is 15.1. The molecule has 4 heteroatoms. The number of benzene rings is 1. The van der Waals surface area contributed by atoms with E-state index in [1.54, 1.807) is 0 Å². The predicted molar refractivity (Wildman–Crippen MR) is 90.8 cm³/mol. The summed E-state index contributed by atoms with van der Waals surface area (Å²) in [6, 6.07) is 7.99. The van der Waals surface area contributed by atoms with E-state index in [1.165, 1.54) is 5.56 Å². The summed E-state index contributed by atoms with van der Waals surface area (Å²) in [6.07, 6.45) is 2.25. The summed E-state index contributed by atoms with van der Waals surface area (Å²) < 4.78 is 0. The van der Waals surface area contributed by atoms with E-state index in [4.69, 9.17) is 0 Å². The molecular weight excluding hydrogens is 280 g/mol. The molecule has 1 aromatic rings. The lowest BCUT2D eigenvalue weighted by Gasteiger charge is -2.34. The van der Waals surface area contributed by atoms with Gasteiger partial charge in [-0.25, -0.2) is 0 Å². The van der Waals surface area contributed by atoms with Crippen LogP contribution in [0, 0.1) is 5.41 Å². The fourth-order valence-electron chi connectivity index (χ4n) is 2.58. The predicted octanol–water partition coefficient (Wildman–Crippen LogP) is 3.06. The molecule has 0 aromatic heterocycles. The van der Waals surface area contributed by atoms with Crippen molar-refractivity contribution in [3.63, 3.8) is 0 Å². The Morgan fingerprint density at radius 3 is 2.57 bits per heavy atom. The Labute approximate surface area is 132 Å². The number of carbonyl (C=O) groups excluding carboxylic acids is 1. The molecule has 1 saturated heterocycles. The Hall–Kier alpha value is -1.00. The second-order valence-corrected chi connectivity index (χ2v) is 7.35. The molecule has 1 aliphatic rings. The van der Waals surface area contributed by atoms with E-state index in [0.29, 0.717) is 0 Å². The summed E-state index contributed by atoms with van der Waals surface area (Å²) in [5.41, 5.74) is 2.28. The van der Waals surface area contributed by atoms with Crippen LogP contribution in [0.1, 0.15) is 42.6 Å². The monoisotopic (exact) mass is 306 g/mol. The van der Waals surface area contributed by atoms with Gasteiger partial charge in [-0.15, -0.1) is 0 Å². The third kappa shape index (κ3) is 5.04. The molecule has 0 bridgehead atoms. The minimum atomic E-state index is 0.0458. The molecule has 116 valence electrons. The molecular formula is C17H26N2OS.